The smallest absolute Gasteiger partial charge is 0.255 e. The lowest BCUT2D eigenvalue weighted by molar-refractivity contribution is 0.0541. The number of ether oxygens (including phenoxy) is 1. The Morgan fingerprint density at radius 3 is 2.53 bits per heavy atom. The van der Waals surface area contributed by atoms with Gasteiger partial charge in [0.2, 0.25) is 0 Å². The largest absolute Gasteiger partial charge is 0.508 e. The highest BCUT2D eigenvalue weighted by Crippen LogP contribution is 2.55. The standard InChI is InChI=1S/C33H38N2O3/c1-3-17-34-18-14-24(21-34)22-38-29-11-8-25(9-12-29)31-30-13-10-28(36)19-27(30)20-33(15-16-33)35(31)32(37)26-6-4-23(2)5-7-26/h4-13,19,24,31,36H,3,14-18,20-22H2,1-2H3. The molecule has 2 aliphatic heterocycles. The number of hydrogen-bond donors (Lipinski definition) is 1. The maximum absolute atomic E-state index is 14.1. The molecular weight excluding hydrogens is 472 g/mol. The first kappa shape index (κ1) is 25.0. The quantitative estimate of drug-likeness (QED) is 0.415. The number of aryl methyl sites for hydroxylation is 1. The highest BCUT2D eigenvalue weighted by Gasteiger charge is 2.56. The van der Waals surface area contributed by atoms with Crippen molar-refractivity contribution in [3.05, 3.63) is 94.5 Å². The van der Waals surface area contributed by atoms with Crippen LogP contribution in [0, 0.1) is 12.8 Å². The molecule has 1 saturated carbocycles. The molecule has 3 aromatic carbocycles. The molecular formula is C33H38N2O3. The van der Waals surface area contributed by atoms with Crippen molar-refractivity contribution in [2.75, 3.05) is 26.2 Å². The Kier molecular flexibility index (Phi) is 6.65. The van der Waals surface area contributed by atoms with Crippen LogP contribution >= 0.6 is 0 Å². The van der Waals surface area contributed by atoms with Crippen molar-refractivity contribution in [3.63, 3.8) is 0 Å². The van der Waals surface area contributed by atoms with Crippen molar-refractivity contribution in [2.45, 2.75) is 57.5 Å². The minimum absolute atomic E-state index is 0.0735. The van der Waals surface area contributed by atoms with Crippen molar-refractivity contribution >= 4 is 5.91 Å². The molecule has 3 aromatic rings. The molecule has 0 radical (unpaired) electrons. The summed E-state index contributed by atoms with van der Waals surface area (Å²) >= 11 is 0. The molecule has 0 aromatic heterocycles. The van der Waals surface area contributed by atoms with Crippen LogP contribution in [0.15, 0.2) is 66.7 Å². The lowest BCUT2D eigenvalue weighted by Crippen LogP contribution is -2.49. The monoisotopic (exact) mass is 510 g/mol. The van der Waals surface area contributed by atoms with E-state index in [4.69, 9.17) is 4.74 Å². The fourth-order valence-corrected chi connectivity index (χ4v) is 6.45. The van der Waals surface area contributed by atoms with Crippen LogP contribution in [-0.2, 0) is 6.42 Å². The number of rotatable bonds is 7. The second-order valence-corrected chi connectivity index (χ2v) is 11.6. The van der Waals surface area contributed by atoms with Crippen molar-refractivity contribution in [3.8, 4) is 11.5 Å². The van der Waals surface area contributed by atoms with E-state index in [2.05, 4.69) is 41.0 Å². The van der Waals surface area contributed by atoms with Crippen LogP contribution in [0.1, 0.15) is 71.3 Å². The van der Waals surface area contributed by atoms with E-state index in [1.165, 1.54) is 25.9 Å². The van der Waals surface area contributed by atoms with E-state index < -0.39 is 0 Å². The first-order valence-corrected chi connectivity index (χ1v) is 14.1. The van der Waals surface area contributed by atoms with Crippen LogP contribution in [0.3, 0.4) is 0 Å². The number of carbonyl (C=O) groups excluding carboxylic acids is 1. The summed E-state index contributed by atoms with van der Waals surface area (Å²) in [5.41, 5.74) is 4.98. The predicted octanol–water partition coefficient (Wildman–Crippen LogP) is 6.13. The number of likely N-dealkylation sites (tertiary alicyclic amines) is 1. The maximum Gasteiger partial charge on any atom is 0.255 e. The fraction of sp³-hybridized carbons (Fsp3) is 0.424. The summed E-state index contributed by atoms with van der Waals surface area (Å²) in [6, 6.07) is 21.7. The molecule has 38 heavy (non-hydrogen) atoms. The van der Waals surface area contributed by atoms with Crippen molar-refractivity contribution < 1.29 is 14.6 Å². The number of carbonyl (C=O) groups is 1. The number of fused-ring (bicyclic) bond motifs is 1. The molecule has 0 bridgehead atoms. The third-order valence-corrected chi connectivity index (χ3v) is 8.65. The Morgan fingerprint density at radius 2 is 1.82 bits per heavy atom. The van der Waals surface area contributed by atoms with E-state index in [-0.39, 0.29) is 23.2 Å². The van der Waals surface area contributed by atoms with Crippen molar-refractivity contribution in [1.82, 2.24) is 9.80 Å². The third kappa shape index (κ3) is 4.80. The van der Waals surface area contributed by atoms with Crippen LogP contribution in [-0.4, -0.2) is 52.6 Å². The lowest BCUT2D eigenvalue weighted by Gasteiger charge is -2.44. The van der Waals surface area contributed by atoms with E-state index in [1.54, 1.807) is 6.07 Å². The molecule has 5 nitrogen and oxygen atoms in total. The van der Waals surface area contributed by atoms with Crippen LogP contribution in [0.2, 0.25) is 0 Å². The number of phenolic OH excluding ortho intramolecular Hbond substituents is 1. The van der Waals surface area contributed by atoms with Gasteiger partial charge in [-0.15, -0.1) is 0 Å². The molecule has 1 aliphatic carbocycles. The third-order valence-electron chi connectivity index (χ3n) is 8.65. The first-order chi connectivity index (χ1) is 18.5. The lowest BCUT2D eigenvalue weighted by atomic mass is 9.82. The number of nitrogens with zero attached hydrogens (tertiary/aromatic N) is 2. The van der Waals surface area contributed by atoms with Gasteiger partial charge in [-0.05, 0) is 105 Å². The molecule has 2 unspecified atom stereocenters. The van der Waals surface area contributed by atoms with Gasteiger partial charge in [-0.3, -0.25) is 4.79 Å². The molecule has 1 spiro atoms. The number of amides is 1. The summed E-state index contributed by atoms with van der Waals surface area (Å²) in [6.45, 7) is 8.48. The van der Waals surface area contributed by atoms with Gasteiger partial charge in [0.15, 0.2) is 0 Å². The minimum atomic E-state index is -0.206. The van der Waals surface area contributed by atoms with Gasteiger partial charge < -0.3 is 19.6 Å². The summed E-state index contributed by atoms with van der Waals surface area (Å²) in [6.07, 6.45) is 5.13. The molecule has 2 heterocycles. The second-order valence-electron chi connectivity index (χ2n) is 11.6. The summed E-state index contributed by atoms with van der Waals surface area (Å²) in [7, 11) is 0. The van der Waals surface area contributed by atoms with Gasteiger partial charge >= 0.3 is 0 Å². The Morgan fingerprint density at radius 1 is 1.05 bits per heavy atom. The van der Waals surface area contributed by atoms with Gasteiger partial charge in [0.25, 0.3) is 5.91 Å². The van der Waals surface area contributed by atoms with Gasteiger partial charge in [0, 0.05) is 23.6 Å². The van der Waals surface area contributed by atoms with Gasteiger partial charge in [0.05, 0.1) is 12.6 Å². The van der Waals surface area contributed by atoms with Crippen molar-refractivity contribution in [2.24, 2.45) is 5.92 Å². The summed E-state index contributed by atoms with van der Waals surface area (Å²) in [4.78, 5) is 18.7. The van der Waals surface area contributed by atoms with Gasteiger partial charge in [-0.2, -0.15) is 0 Å². The zero-order valence-electron chi connectivity index (χ0n) is 22.5. The highest BCUT2D eigenvalue weighted by atomic mass is 16.5. The average molecular weight is 511 g/mol. The summed E-state index contributed by atoms with van der Waals surface area (Å²) in [5, 5.41) is 10.2. The van der Waals surface area contributed by atoms with Crippen LogP contribution in [0.5, 0.6) is 11.5 Å². The van der Waals surface area contributed by atoms with E-state index in [1.807, 2.05) is 43.3 Å². The number of aromatic hydroxyl groups is 1. The predicted molar refractivity (Wildman–Crippen MR) is 150 cm³/mol. The molecule has 6 rings (SSSR count). The number of phenols is 1. The van der Waals surface area contributed by atoms with Gasteiger partial charge in [0.1, 0.15) is 11.5 Å². The zero-order chi connectivity index (χ0) is 26.3. The fourth-order valence-electron chi connectivity index (χ4n) is 6.45. The summed E-state index contributed by atoms with van der Waals surface area (Å²) < 4.78 is 6.21. The molecule has 3 aliphatic rings. The minimum Gasteiger partial charge on any atom is -0.508 e. The molecule has 2 fully saturated rings. The Labute approximate surface area is 226 Å². The number of benzene rings is 3. The first-order valence-electron chi connectivity index (χ1n) is 14.1. The molecule has 1 N–H and O–H groups in total. The Bertz CT molecular complexity index is 1300. The topological polar surface area (TPSA) is 53.0 Å². The molecule has 2 atom stereocenters. The molecule has 1 saturated heterocycles. The molecule has 1 amide bonds. The van der Waals surface area contributed by atoms with E-state index >= 15 is 0 Å². The van der Waals surface area contributed by atoms with Gasteiger partial charge in [-0.1, -0.05) is 42.8 Å². The van der Waals surface area contributed by atoms with Crippen LogP contribution in [0.4, 0.5) is 0 Å². The molecule has 198 valence electrons. The Hall–Kier alpha value is -3.31. The van der Waals surface area contributed by atoms with Crippen LogP contribution in [0.25, 0.3) is 0 Å². The highest BCUT2D eigenvalue weighted by molar-refractivity contribution is 5.96. The second kappa shape index (κ2) is 10.1. The molecule has 5 heteroatoms. The maximum atomic E-state index is 14.1. The van der Waals surface area contributed by atoms with Crippen LogP contribution < -0.4 is 4.74 Å². The Balaban J connectivity index is 1.28. The normalized spacial score (nSPS) is 21.9. The SMILES string of the molecule is CCCN1CCC(COc2ccc(C3c4ccc(O)cc4CC4(CC4)N3C(=O)c3ccc(C)cc3)cc2)C1. The summed E-state index contributed by atoms with van der Waals surface area (Å²) in [5.74, 6) is 1.81. The van der Waals surface area contributed by atoms with E-state index in [9.17, 15) is 9.90 Å². The number of hydrogen-bond acceptors (Lipinski definition) is 4. The van der Waals surface area contributed by atoms with E-state index in [0.717, 1.165) is 66.0 Å². The van der Waals surface area contributed by atoms with E-state index in [0.29, 0.717) is 5.92 Å². The van der Waals surface area contributed by atoms with Crippen molar-refractivity contribution in [1.29, 1.82) is 0 Å². The average Bonchev–Trinajstić information content (AvgIpc) is 3.53. The van der Waals surface area contributed by atoms with Gasteiger partial charge in [-0.25, -0.2) is 0 Å². The zero-order valence-corrected chi connectivity index (χ0v) is 22.5.